The van der Waals surface area contributed by atoms with Crippen LogP contribution in [-0.4, -0.2) is 40.6 Å². The van der Waals surface area contributed by atoms with E-state index in [9.17, 15) is 14.3 Å². The Morgan fingerprint density at radius 1 is 1.06 bits per heavy atom. The van der Waals surface area contributed by atoms with E-state index in [-0.39, 0.29) is 17.4 Å². The Hall–Kier alpha value is -3.32. The summed E-state index contributed by atoms with van der Waals surface area (Å²) in [6.45, 7) is 1.63. The molecule has 1 aliphatic heterocycles. The molecule has 1 aromatic heterocycles. The van der Waals surface area contributed by atoms with E-state index in [4.69, 9.17) is 0 Å². The number of rotatable bonds is 6. The first-order chi connectivity index (χ1) is 15.0. The number of nitrogens with zero attached hydrogens (tertiary/aromatic N) is 3. The Morgan fingerprint density at radius 3 is 2.48 bits per heavy atom. The van der Waals surface area contributed by atoms with Crippen LogP contribution in [0.15, 0.2) is 67.0 Å². The molecule has 3 aromatic rings. The maximum Gasteiger partial charge on any atom is 0.271 e. The number of nitrogens with one attached hydrogen (secondary N) is 1. The molecule has 7 heteroatoms. The summed E-state index contributed by atoms with van der Waals surface area (Å²) in [5, 5.41) is 13.9. The minimum Gasteiger partial charge on any atom is -0.385 e. The van der Waals surface area contributed by atoms with Crippen LogP contribution in [0, 0.1) is 5.82 Å². The van der Waals surface area contributed by atoms with Crippen molar-refractivity contribution < 1.29 is 14.3 Å². The fourth-order valence-corrected chi connectivity index (χ4v) is 3.83. The van der Waals surface area contributed by atoms with Gasteiger partial charge in [-0.1, -0.05) is 42.5 Å². The second kappa shape index (κ2) is 9.22. The largest absolute Gasteiger partial charge is 0.385 e. The lowest BCUT2D eigenvalue weighted by Gasteiger charge is -2.39. The Morgan fingerprint density at radius 2 is 1.77 bits per heavy atom. The number of carbonyl (C=O) groups excluding carboxylic acids is 1. The molecular formula is C24H25FN4O2. The molecule has 2 heterocycles. The Balaban J connectivity index is 1.35. The van der Waals surface area contributed by atoms with Gasteiger partial charge in [0.2, 0.25) is 0 Å². The highest BCUT2D eigenvalue weighted by molar-refractivity contribution is 5.92. The zero-order chi connectivity index (χ0) is 21.7. The molecule has 4 rings (SSSR count). The third kappa shape index (κ3) is 5.06. The van der Waals surface area contributed by atoms with Crippen LogP contribution in [0.3, 0.4) is 0 Å². The molecule has 0 bridgehead atoms. The van der Waals surface area contributed by atoms with E-state index >= 15 is 0 Å². The van der Waals surface area contributed by atoms with Gasteiger partial charge in [-0.2, -0.15) is 0 Å². The van der Waals surface area contributed by atoms with Crippen molar-refractivity contribution in [2.45, 2.75) is 24.9 Å². The predicted octanol–water partition coefficient (Wildman–Crippen LogP) is 3.08. The Kier molecular flexibility index (Phi) is 6.23. The van der Waals surface area contributed by atoms with Gasteiger partial charge in [-0.3, -0.25) is 9.78 Å². The standard InChI is InChI=1S/C24H25FN4O2/c25-20-8-6-19(7-9-20)24(31)11-14-29(15-12-24)22-17-26-16-21(28-22)23(30)27-13-10-18-4-2-1-3-5-18/h1-9,16-17,31H,10-15H2,(H,27,30). The van der Waals surface area contributed by atoms with E-state index in [0.29, 0.717) is 43.9 Å². The Bertz CT molecular complexity index is 1020. The van der Waals surface area contributed by atoms with E-state index in [1.807, 2.05) is 35.2 Å². The van der Waals surface area contributed by atoms with Gasteiger partial charge >= 0.3 is 0 Å². The van der Waals surface area contributed by atoms with Crippen molar-refractivity contribution in [2.75, 3.05) is 24.5 Å². The number of aromatic nitrogens is 2. The average Bonchev–Trinajstić information content (AvgIpc) is 2.81. The topological polar surface area (TPSA) is 78.4 Å². The second-order valence-electron chi connectivity index (χ2n) is 7.78. The normalized spacial score (nSPS) is 15.5. The van der Waals surface area contributed by atoms with Crippen molar-refractivity contribution in [3.05, 3.63) is 89.6 Å². The van der Waals surface area contributed by atoms with Gasteiger partial charge in [0.1, 0.15) is 17.3 Å². The summed E-state index contributed by atoms with van der Waals surface area (Å²) >= 11 is 0. The summed E-state index contributed by atoms with van der Waals surface area (Å²) in [6, 6.07) is 16.0. The van der Waals surface area contributed by atoms with Crippen LogP contribution < -0.4 is 10.2 Å². The van der Waals surface area contributed by atoms with Crippen molar-refractivity contribution in [2.24, 2.45) is 0 Å². The van der Waals surface area contributed by atoms with Crippen LogP contribution in [0.5, 0.6) is 0 Å². The molecule has 31 heavy (non-hydrogen) atoms. The van der Waals surface area contributed by atoms with E-state index in [0.717, 1.165) is 12.0 Å². The molecule has 2 aromatic carbocycles. The van der Waals surface area contributed by atoms with Gasteiger partial charge in [0.15, 0.2) is 0 Å². The first kappa shape index (κ1) is 20.9. The maximum absolute atomic E-state index is 13.2. The first-order valence-electron chi connectivity index (χ1n) is 10.4. The molecule has 0 radical (unpaired) electrons. The molecule has 0 aliphatic carbocycles. The number of aliphatic hydroxyl groups is 1. The highest BCUT2D eigenvalue weighted by atomic mass is 19.1. The number of benzene rings is 2. The number of piperidine rings is 1. The first-order valence-corrected chi connectivity index (χ1v) is 10.4. The third-order valence-corrected chi connectivity index (χ3v) is 5.69. The van der Waals surface area contributed by atoms with E-state index in [1.165, 1.54) is 18.3 Å². The molecule has 1 saturated heterocycles. The van der Waals surface area contributed by atoms with Gasteiger partial charge in [0.25, 0.3) is 5.91 Å². The van der Waals surface area contributed by atoms with Crippen LogP contribution in [0.1, 0.15) is 34.5 Å². The number of anilines is 1. The number of amides is 1. The number of carbonyl (C=O) groups is 1. The highest BCUT2D eigenvalue weighted by Gasteiger charge is 2.34. The van der Waals surface area contributed by atoms with Crippen molar-refractivity contribution in [3.8, 4) is 0 Å². The molecule has 160 valence electrons. The second-order valence-corrected chi connectivity index (χ2v) is 7.78. The minimum atomic E-state index is -0.996. The van der Waals surface area contributed by atoms with Gasteiger partial charge in [0.05, 0.1) is 18.0 Å². The average molecular weight is 420 g/mol. The summed E-state index contributed by atoms with van der Waals surface area (Å²) in [7, 11) is 0. The SMILES string of the molecule is O=C(NCCc1ccccc1)c1cncc(N2CCC(O)(c3ccc(F)cc3)CC2)n1. The maximum atomic E-state index is 13.2. The lowest BCUT2D eigenvalue weighted by atomic mass is 9.84. The fourth-order valence-electron chi connectivity index (χ4n) is 3.83. The molecule has 2 N–H and O–H groups in total. The smallest absolute Gasteiger partial charge is 0.271 e. The molecular weight excluding hydrogens is 395 g/mol. The summed E-state index contributed by atoms with van der Waals surface area (Å²) in [5.41, 5.74) is 1.14. The van der Waals surface area contributed by atoms with Crippen LogP contribution in [0.4, 0.5) is 10.2 Å². The van der Waals surface area contributed by atoms with Crippen molar-refractivity contribution in [1.82, 2.24) is 15.3 Å². The fraction of sp³-hybridized carbons (Fsp3) is 0.292. The van der Waals surface area contributed by atoms with Crippen molar-refractivity contribution >= 4 is 11.7 Å². The van der Waals surface area contributed by atoms with Crippen LogP contribution in [-0.2, 0) is 12.0 Å². The molecule has 1 amide bonds. The summed E-state index contributed by atoms with van der Waals surface area (Å²) in [6.07, 6.45) is 4.79. The summed E-state index contributed by atoms with van der Waals surface area (Å²) in [4.78, 5) is 23.1. The summed E-state index contributed by atoms with van der Waals surface area (Å²) in [5.74, 6) is 0.0286. The quantitative estimate of drug-likeness (QED) is 0.641. The zero-order valence-corrected chi connectivity index (χ0v) is 17.2. The van der Waals surface area contributed by atoms with E-state index in [1.54, 1.807) is 18.3 Å². The number of hydrogen-bond acceptors (Lipinski definition) is 5. The van der Waals surface area contributed by atoms with Gasteiger partial charge in [0, 0.05) is 19.6 Å². The number of halogens is 1. The van der Waals surface area contributed by atoms with Gasteiger partial charge < -0.3 is 15.3 Å². The number of hydrogen-bond donors (Lipinski definition) is 2. The molecule has 0 spiro atoms. The van der Waals surface area contributed by atoms with E-state index < -0.39 is 5.60 Å². The molecule has 0 atom stereocenters. The molecule has 6 nitrogen and oxygen atoms in total. The zero-order valence-electron chi connectivity index (χ0n) is 17.2. The lowest BCUT2D eigenvalue weighted by molar-refractivity contribution is 0.0116. The van der Waals surface area contributed by atoms with Crippen LogP contribution in [0.25, 0.3) is 0 Å². The highest BCUT2D eigenvalue weighted by Crippen LogP contribution is 2.34. The Labute approximate surface area is 180 Å². The molecule has 0 unspecified atom stereocenters. The van der Waals surface area contributed by atoms with Gasteiger partial charge in [-0.05, 0) is 42.5 Å². The monoisotopic (exact) mass is 420 g/mol. The van der Waals surface area contributed by atoms with Gasteiger partial charge in [-0.25, -0.2) is 9.37 Å². The third-order valence-electron chi connectivity index (χ3n) is 5.69. The lowest BCUT2D eigenvalue weighted by Crippen LogP contribution is -2.43. The predicted molar refractivity (Wildman–Crippen MR) is 116 cm³/mol. The van der Waals surface area contributed by atoms with Crippen molar-refractivity contribution in [1.29, 1.82) is 0 Å². The summed E-state index contributed by atoms with van der Waals surface area (Å²) < 4.78 is 13.2. The molecule has 1 fully saturated rings. The minimum absolute atomic E-state index is 0.259. The van der Waals surface area contributed by atoms with E-state index in [2.05, 4.69) is 15.3 Å². The van der Waals surface area contributed by atoms with Gasteiger partial charge in [-0.15, -0.1) is 0 Å². The van der Waals surface area contributed by atoms with Crippen LogP contribution in [0.2, 0.25) is 0 Å². The van der Waals surface area contributed by atoms with Crippen LogP contribution >= 0.6 is 0 Å². The molecule has 1 aliphatic rings. The molecule has 0 saturated carbocycles. The van der Waals surface area contributed by atoms with Crippen molar-refractivity contribution in [3.63, 3.8) is 0 Å².